The second kappa shape index (κ2) is 12.1. The van der Waals surface area contributed by atoms with Crippen LogP contribution in [-0.4, -0.2) is 66.5 Å². The molecular formula is C27H38N4O4. The van der Waals surface area contributed by atoms with Crippen molar-refractivity contribution in [2.75, 3.05) is 26.2 Å². The molecule has 2 atom stereocenters. The zero-order chi connectivity index (χ0) is 25.4. The van der Waals surface area contributed by atoms with Crippen molar-refractivity contribution in [1.29, 1.82) is 0 Å². The Morgan fingerprint density at radius 2 is 1.91 bits per heavy atom. The van der Waals surface area contributed by atoms with Crippen LogP contribution >= 0.6 is 0 Å². The van der Waals surface area contributed by atoms with Gasteiger partial charge >= 0.3 is 0 Å². The predicted octanol–water partition coefficient (Wildman–Crippen LogP) is 2.14. The summed E-state index contributed by atoms with van der Waals surface area (Å²) in [5.41, 5.74) is 5.49. The van der Waals surface area contributed by atoms with Crippen LogP contribution in [0.5, 0.6) is 0 Å². The van der Waals surface area contributed by atoms with Gasteiger partial charge < -0.3 is 26.0 Å². The number of fused-ring (bicyclic) bond motifs is 1. The van der Waals surface area contributed by atoms with Gasteiger partial charge in [-0.05, 0) is 62.9 Å². The summed E-state index contributed by atoms with van der Waals surface area (Å²) in [6, 6.07) is 12.7. The van der Waals surface area contributed by atoms with Gasteiger partial charge in [-0.3, -0.25) is 14.4 Å². The van der Waals surface area contributed by atoms with Gasteiger partial charge in [0.1, 0.15) is 17.7 Å². The highest BCUT2D eigenvalue weighted by Gasteiger charge is 2.41. The summed E-state index contributed by atoms with van der Waals surface area (Å²) in [5, 5.41) is 8.00. The minimum Gasteiger partial charge on any atom is -0.366 e. The molecule has 8 nitrogen and oxygen atoms in total. The second-order valence-corrected chi connectivity index (χ2v) is 9.48. The molecule has 0 aliphatic carbocycles. The second-order valence-electron chi connectivity index (χ2n) is 9.48. The number of ether oxygens (including phenoxy) is 1. The highest BCUT2D eigenvalue weighted by Crippen LogP contribution is 2.24. The molecule has 8 heteroatoms. The van der Waals surface area contributed by atoms with Crippen LogP contribution in [0.25, 0.3) is 10.8 Å². The number of hydrogen-bond donors (Lipinski definition) is 3. The maximum Gasteiger partial charge on any atom is 0.254 e. The molecule has 35 heavy (non-hydrogen) atoms. The minimum absolute atomic E-state index is 0.213. The smallest absolute Gasteiger partial charge is 0.254 e. The first-order valence-corrected chi connectivity index (χ1v) is 12.5. The summed E-state index contributed by atoms with van der Waals surface area (Å²) < 4.78 is 5.62. The normalized spacial score (nSPS) is 16.8. The molecule has 1 aliphatic heterocycles. The van der Waals surface area contributed by atoms with Crippen LogP contribution < -0.4 is 16.4 Å². The lowest BCUT2D eigenvalue weighted by molar-refractivity contribution is -0.157. The number of rotatable bonds is 11. The molecule has 2 aromatic rings. The van der Waals surface area contributed by atoms with Crippen molar-refractivity contribution < 1.29 is 19.1 Å². The standard InChI is InChI=1S/C27H38N4O4/c1-4-35-27(2,3)26(34)31-16-7-11-23(31)25(33)30-22(24(32)29-15-8-14-28)18-19-12-13-20-9-5-6-10-21(20)17-19/h5-6,9-10,12-13,17,22-23H,4,7-8,11,14-16,18,28H2,1-3H3,(H,29,32)(H,30,33). The van der Waals surface area contributed by atoms with E-state index in [1.54, 1.807) is 18.7 Å². The van der Waals surface area contributed by atoms with Crippen molar-refractivity contribution in [1.82, 2.24) is 15.5 Å². The fourth-order valence-corrected chi connectivity index (χ4v) is 4.57. The summed E-state index contributed by atoms with van der Waals surface area (Å²) in [7, 11) is 0. The first-order valence-electron chi connectivity index (χ1n) is 12.5. The van der Waals surface area contributed by atoms with E-state index >= 15 is 0 Å². The van der Waals surface area contributed by atoms with Gasteiger partial charge in [0.25, 0.3) is 5.91 Å². The van der Waals surface area contributed by atoms with E-state index in [9.17, 15) is 14.4 Å². The molecule has 4 N–H and O–H groups in total. The van der Waals surface area contributed by atoms with E-state index in [-0.39, 0.29) is 17.7 Å². The Balaban J connectivity index is 1.77. The summed E-state index contributed by atoms with van der Waals surface area (Å²) in [6.07, 6.45) is 2.28. The Labute approximate surface area is 207 Å². The Kier molecular flexibility index (Phi) is 9.23. The largest absolute Gasteiger partial charge is 0.366 e. The van der Waals surface area contributed by atoms with E-state index in [1.807, 2.05) is 49.4 Å². The molecule has 2 unspecified atom stereocenters. The maximum atomic E-state index is 13.3. The molecule has 0 saturated carbocycles. The van der Waals surface area contributed by atoms with E-state index in [2.05, 4.69) is 10.6 Å². The van der Waals surface area contributed by atoms with Crippen molar-refractivity contribution in [2.24, 2.45) is 5.73 Å². The Morgan fingerprint density at radius 3 is 2.63 bits per heavy atom. The number of amides is 3. The van der Waals surface area contributed by atoms with Gasteiger partial charge in [0.2, 0.25) is 11.8 Å². The lowest BCUT2D eigenvalue weighted by Gasteiger charge is -2.33. The molecule has 190 valence electrons. The van der Waals surface area contributed by atoms with Gasteiger partial charge in [0.15, 0.2) is 0 Å². The zero-order valence-corrected chi connectivity index (χ0v) is 21.0. The van der Waals surface area contributed by atoms with Crippen LogP contribution in [0.15, 0.2) is 42.5 Å². The molecule has 0 spiro atoms. The molecule has 1 aliphatic rings. The lowest BCUT2D eigenvalue weighted by Crippen LogP contribution is -2.56. The summed E-state index contributed by atoms with van der Waals surface area (Å²) in [5.74, 6) is -0.788. The van der Waals surface area contributed by atoms with Crippen molar-refractivity contribution in [2.45, 2.75) is 64.1 Å². The van der Waals surface area contributed by atoms with Crippen LogP contribution in [0.1, 0.15) is 45.6 Å². The van der Waals surface area contributed by atoms with Crippen molar-refractivity contribution >= 4 is 28.5 Å². The molecule has 0 bridgehead atoms. The van der Waals surface area contributed by atoms with E-state index in [0.717, 1.165) is 22.8 Å². The number of nitrogens with one attached hydrogen (secondary N) is 2. The molecule has 3 rings (SSSR count). The lowest BCUT2D eigenvalue weighted by atomic mass is 10.0. The molecule has 1 saturated heterocycles. The van der Waals surface area contributed by atoms with Gasteiger partial charge in [-0.25, -0.2) is 0 Å². The first-order chi connectivity index (χ1) is 16.8. The summed E-state index contributed by atoms with van der Waals surface area (Å²) >= 11 is 0. The van der Waals surface area contributed by atoms with Gasteiger partial charge in [0.05, 0.1) is 0 Å². The number of benzene rings is 2. The van der Waals surface area contributed by atoms with E-state index in [1.165, 1.54) is 0 Å². The molecule has 3 amide bonds. The van der Waals surface area contributed by atoms with Crippen molar-refractivity contribution in [3.05, 3.63) is 48.0 Å². The highest BCUT2D eigenvalue weighted by atomic mass is 16.5. The summed E-state index contributed by atoms with van der Waals surface area (Å²) in [4.78, 5) is 41.1. The summed E-state index contributed by atoms with van der Waals surface area (Å²) in [6.45, 7) is 7.08. The molecular weight excluding hydrogens is 444 g/mol. The Hall–Kier alpha value is -2.97. The Bertz CT molecular complexity index is 1040. The van der Waals surface area contributed by atoms with Gasteiger partial charge in [0, 0.05) is 26.1 Å². The highest BCUT2D eigenvalue weighted by molar-refractivity contribution is 5.94. The third-order valence-electron chi connectivity index (χ3n) is 6.40. The third-order valence-corrected chi connectivity index (χ3v) is 6.40. The fraction of sp³-hybridized carbons (Fsp3) is 0.519. The number of nitrogens with two attached hydrogens (primary N) is 1. The molecule has 1 fully saturated rings. The minimum atomic E-state index is -1.01. The zero-order valence-electron chi connectivity index (χ0n) is 21.0. The van der Waals surface area contributed by atoms with Crippen molar-refractivity contribution in [3.8, 4) is 0 Å². The third kappa shape index (κ3) is 6.80. The van der Waals surface area contributed by atoms with Gasteiger partial charge in [-0.15, -0.1) is 0 Å². The van der Waals surface area contributed by atoms with Crippen LogP contribution in [0.2, 0.25) is 0 Å². The number of nitrogens with zero attached hydrogens (tertiary/aromatic N) is 1. The van der Waals surface area contributed by atoms with E-state index < -0.39 is 17.7 Å². The average molecular weight is 483 g/mol. The van der Waals surface area contributed by atoms with Gasteiger partial charge in [-0.1, -0.05) is 42.5 Å². The Morgan fingerprint density at radius 1 is 1.17 bits per heavy atom. The van der Waals surface area contributed by atoms with Crippen LogP contribution in [0, 0.1) is 0 Å². The first kappa shape index (κ1) is 26.6. The fourth-order valence-electron chi connectivity index (χ4n) is 4.57. The number of likely N-dealkylation sites (tertiary alicyclic amines) is 1. The van der Waals surface area contributed by atoms with Crippen LogP contribution in [-0.2, 0) is 25.5 Å². The topological polar surface area (TPSA) is 114 Å². The SMILES string of the molecule is CCOC(C)(C)C(=O)N1CCCC1C(=O)NC(Cc1ccc2ccccc2c1)C(=O)NCCCN. The average Bonchev–Trinajstić information content (AvgIpc) is 3.33. The van der Waals surface area contributed by atoms with Crippen molar-refractivity contribution in [3.63, 3.8) is 0 Å². The van der Waals surface area contributed by atoms with Crippen LogP contribution in [0.3, 0.4) is 0 Å². The molecule has 2 aromatic carbocycles. The molecule has 0 radical (unpaired) electrons. The monoisotopic (exact) mass is 482 g/mol. The maximum absolute atomic E-state index is 13.3. The number of hydrogen-bond acceptors (Lipinski definition) is 5. The number of carbonyl (C=O) groups excluding carboxylic acids is 3. The predicted molar refractivity (Wildman–Crippen MR) is 137 cm³/mol. The van der Waals surface area contributed by atoms with Crippen LogP contribution in [0.4, 0.5) is 0 Å². The van der Waals surface area contributed by atoms with E-state index in [4.69, 9.17) is 10.5 Å². The molecule has 1 heterocycles. The quantitative estimate of drug-likeness (QED) is 0.425. The van der Waals surface area contributed by atoms with E-state index in [0.29, 0.717) is 45.5 Å². The van der Waals surface area contributed by atoms with Gasteiger partial charge in [-0.2, -0.15) is 0 Å². The number of carbonyl (C=O) groups is 3. The molecule has 0 aromatic heterocycles.